The number of nitrogens with two attached hydrogens (primary N) is 1. The maximum atomic E-state index is 13.3. The first kappa shape index (κ1) is 24.5. The van der Waals surface area contributed by atoms with Gasteiger partial charge in [-0.05, 0) is 75.1 Å². The molecule has 1 aliphatic rings. The number of hydrogen-bond donors (Lipinski definition) is 3. The summed E-state index contributed by atoms with van der Waals surface area (Å²) < 4.78 is 27.9. The molecule has 0 saturated carbocycles. The molecule has 1 amide bonds. The number of phenolic OH excluding ortho intramolecular Hbond substituents is 1. The molecule has 3 heterocycles. The average molecular weight is 496 g/mol. The maximum absolute atomic E-state index is 13.3. The third-order valence-corrected chi connectivity index (χ3v) is 8.19. The third-order valence-electron chi connectivity index (χ3n) is 6.81. The van der Waals surface area contributed by atoms with E-state index in [9.17, 15) is 18.3 Å². The summed E-state index contributed by atoms with van der Waals surface area (Å²) in [6, 6.07) is 11.1. The van der Waals surface area contributed by atoms with Gasteiger partial charge < -0.3 is 15.7 Å². The van der Waals surface area contributed by atoms with Crippen molar-refractivity contribution in [3.05, 3.63) is 59.8 Å². The van der Waals surface area contributed by atoms with Gasteiger partial charge in [0.1, 0.15) is 22.3 Å². The van der Waals surface area contributed by atoms with E-state index in [2.05, 4.69) is 30.5 Å². The van der Waals surface area contributed by atoms with E-state index in [0.717, 1.165) is 12.0 Å². The highest BCUT2D eigenvalue weighted by Gasteiger charge is 2.41. The smallest absolute Gasteiger partial charge is 0.268 e. The van der Waals surface area contributed by atoms with Gasteiger partial charge in [0.2, 0.25) is 0 Å². The Morgan fingerprint density at radius 1 is 1.23 bits per heavy atom. The molecule has 10 heteroatoms. The molecule has 1 atom stereocenters. The molecule has 0 bridgehead atoms. The zero-order valence-electron chi connectivity index (χ0n) is 20.1. The standard InChI is InChI=1S/C25H29N5O4S/c1-15-7-8-17(20(31)14-15)19-10-9-18(23(28-19)30-13-11-16(2)25(30,3)4)24(32)29-35(33,34)21-6-5-12-27-22(21)26/h5-10,12,14,16,31H,11,13H2,1-4H3,(H2,26,27)(H,29,32). The Kier molecular flexibility index (Phi) is 6.18. The Labute approximate surface area is 205 Å². The predicted octanol–water partition coefficient (Wildman–Crippen LogP) is 3.48. The van der Waals surface area contributed by atoms with Gasteiger partial charge in [0, 0.05) is 23.8 Å². The first-order chi connectivity index (χ1) is 16.4. The van der Waals surface area contributed by atoms with Gasteiger partial charge in [0.25, 0.3) is 15.9 Å². The molecule has 35 heavy (non-hydrogen) atoms. The number of aromatic nitrogens is 2. The molecule has 1 aromatic carbocycles. The van der Waals surface area contributed by atoms with Gasteiger partial charge in [0.05, 0.1) is 11.3 Å². The molecule has 3 aromatic rings. The lowest BCUT2D eigenvalue weighted by molar-refractivity contribution is 0.0981. The molecule has 4 rings (SSSR count). The summed E-state index contributed by atoms with van der Waals surface area (Å²) in [5.41, 5.74) is 7.39. The molecule has 2 aromatic heterocycles. The van der Waals surface area contributed by atoms with Gasteiger partial charge in [-0.15, -0.1) is 0 Å². The number of aryl methyl sites for hydroxylation is 1. The van der Waals surface area contributed by atoms with Crippen molar-refractivity contribution < 1.29 is 18.3 Å². The van der Waals surface area contributed by atoms with Crippen LogP contribution in [-0.4, -0.2) is 41.5 Å². The van der Waals surface area contributed by atoms with Crippen LogP contribution in [0.25, 0.3) is 11.3 Å². The first-order valence-electron chi connectivity index (χ1n) is 11.3. The van der Waals surface area contributed by atoms with Crippen LogP contribution in [0.2, 0.25) is 0 Å². The van der Waals surface area contributed by atoms with Crippen LogP contribution in [0.15, 0.2) is 53.6 Å². The van der Waals surface area contributed by atoms with E-state index >= 15 is 0 Å². The predicted molar refractivity (Wildman–Crippen MR) is 135 cm³/mol. The van der Waals surface area contributed by atoms with Gasteiger partial charge in [0.15, 0.2) is 0 Å². The number of anilines is 2. The molecule has 1 aliphatic heterocycles. The SMILES string of the molecule is Cc1ccc(-c2ccc(C(=O)NS(=O)(=O)c3cccnc3N)c(N3CCC(C)C3(C)C)n2)c(O)c1. The van der Waals surface area contributed by atoms with Crippen LogP contribution in [0, 0.1) is 12.8 Å². The summed E-state index contributed by atoms with van der Waals surface area (Å²) in [5, 5.41) is 10.5. The number of nitrogens with zero attached hydrogens (tertiary/aromatic N) is 3. The number of phenols is 1. The van der Waals surface area contributed by atoms with Crippen molar-refractivity contribution in [2.24, 2.45) is 5.92 Å². The maximum Gasteiger partial charge on any atom is 0.268 e. The van der Waals surface area contributed by atoms with Gasteiger partial charge in [-0.25, -0.2) is 23.1 Å². The lowest BCUT2D eigenvalue weighted by Gasteiger charge is -2.36. The van der Waals surface area contributed by atoms with Crippen LogP contribution in [0.1, 0.15) is 43.1 Å². The third kappa shape index (κ3) is 4.53. The fourth-order valence-corrected chi connectivity index (χ4v) is 5.36. The lowest BCUT2D eigenvalue weighted by Crippen LogP contribution is -2.43. The summed E-state index contributed by atoms with van der Waals surface area (Å²) in [7, 11) is -4.27. The number of benzene rings is 1. The van der Waals surface area contributed by atoms with E-state index in [-0.39, 0.29) is 27.6 Å². The van der Waals surface area contributed by atoms with Crippen molar-refractivity contribution in [2.75, 3.05) is 17.2 Å². The highest BCUT2D eigenvalue weighted by molar-refractivity contribution is 7.90. The van der Waals surface area contributed by atoms with Crippen LogP contribution in [-0.2, 0) is 10.0 Å². The zero-order valence-corrected chi connectivity index (χ0v) is 20.9. The number of aromatic hydroxyl groups is 1. The van der Waals surface area contributed by atoms with Gasteiger partial charge >= 0.3 is 0 Å². The minimum absolute atomic E-state index is 0.0735. The summed E-state index contributed by atoms with van der Waals surface area (Å²) in [5.74, 6) is -0.291. The Balaban J connectivity index is 1.80. The highest BCUT2D eigenvalue weighted by Crippen LogP contribution is 2.40. The quantitative estimate of drug-likeness (QED) is 0.489. The minimum Gasteiger partial charge on any atom is -0.507 e. The molecule has 0 aliphatic carbocycles. The summed E-state index contributed by atoms with van der Waals surface area (Å²) in [6.45, 7) is 8.78. The lowest BCUT2D eigenvalue weighted by atomic mass is 9.90. The van der Waals surface area contributed by atoms with Gasteiger partial charge in [-0.1, -0.05) is 13.0 Å². The zero-order chi connectivity index (χ0) is 25.5. The Bertz CT molecular complexity index is 1400. The molecular weight excluding hydrogens is 466 g/mol. The molecule has 1 fully saturated rings. The Morgan fingerprint density at radius 2 is 1.97 bits per heavy atom. The molecule has 0 spiro atoms. The Morgan fingerprint density at radius 3 is 2.60 bits per heavy atom. The van der Waals surface area contributed by atoms with Gasteiger partial charge in [-0.2, -0.15) is 0 Å². The number of carbonyl (C=O) groups is 1. The number of sulfonamides is 1. The average Bonchev–Trinajstić information content (AvgIpc) is 3.05. The van der Waals surface area contributed by atoms with E-state index in [1.54, 1.807) is 18.2 Å². The van der Waals surface area contributed by atoms with Crippen LogP contribution < -0.4 is 15.4 Å². The number of nitrogen functional groups attached to an aromatic ring is 1. The summed E-state index contributed by atoms with van der Waals surface area (Å²) in [4.78, 5) is 23.6. The van der Waals surface area contributed by atoms with Crippen molar-refractivity contribution in [2.45, 2.75) is 44.6 Å². The monoisotopic (exact) mass is 495 g/mol. The van der Waals surface area contributed by atoms with E-state index < -0.39 is 15.9 Å². The second kappa shape index (κ2) is 8.84. The topological polar surface area (TPSA) is 139 Å². The second-order valence-electron chi connectivity index (χ2n) is 9.40. The van der Waals surface area contributed by atoms with E-state index in [4.69, 9.17) is 10.7 Å². The van der Waals surface area contributed by atoms with E-state index in [1.807, 2.05) is 17.9 Å². The summed E-state index contributed by atoms with van der Waals surface area (Å²) in [6.07, 6.45) is 2.26. The second-order valence-corrected chi connectivity index (χ2v) is 11.1. The minimum atomic E-state index is -4.27. The summed E-state index contributed by atoms with van der Waals surface area (Å²) >= 11 is 0. The Hall–Kier alpha value is -3.66. The molecule has 1 saturated heterocycles. The number of pyridine rings is 2. The molecule has 9 nitrogen and oxygen atoms in total. The number of nitrogens with one attached hydrogen (secondary N) is 1. The molecule has 184 valence electrons. The molecule has 1 unspecified atom stereocenters. The van der Waals surface area contributed by atoms with Crippen LogP contribution in [0.3, 0.4) is 0 Å². The van der Waals surface area contributed by atoms with E-state index in [0.29, 0.717) is 29.5 Å². The number of hydrogen-bond acceptors (Lipinski definition) is 8. The fourth-order valence-electron chi connectivity index (χ4n) is 4.31. The van der Waals surface area contributed by atoms with Crippen molar-refractivity contribution >= 4 is 27.6 Å². The largest absolute Gasteiger partial charge is 0.507 e. The van der Waals surface area contributed by atoms with Crippen LogP contribution in [0.5, 0.6) is 5.75 Å². The van der Waals surface area contributed by atoms with Gasteiger partial charge in [-0.3, -0.25) is 4.79 Å². The number of carbonyl (C=O) groups excluding carboxylic acids is 1. The van der Waals surface area contributed by atoms with Crippen molar-refractivity contribution in [1.82, 2.24) is 14.7 Å². The van der Waals surface area contributed by atoms with Crippen molar-refractivity contribution in [1.29, 1.82) is 0 Å². The number of amides is 1. The van der Waals surface area contributed by atoms with Crippen molar-refractivity contribution in [3.63, 3.8) is 0 Å². The van der Waals surface area contributed by atoms with Crippen LogP contribution >= 0.6 is 0 Å². The van der Waals surface area contributed by atoms with E-state index in [1.165, 1.54) is 24.4 Å². The highest BCUT2D eigenvalue weighted by atomic mass is 32.2. The molecular formula is C25H29N5O4S. The van der Waals surface area contributed by atoms with Crippen molar-refractivity contribution in [3.8, 4) is 17.0 Å². The first-order valence-corrected chi connectivity index (χ1v) is 12.8. The number of rotatable bonds is 5. The normalized spacial score (nSPS) is 17.4. The molecule has 4 N–H and O–H groups in total. The van der Waals surface area contributed by atoms with Crippen LogP contribution in [0.4, 0.5) is 11.6 Å². The molecule has 0 radical (unpaired) electrons. The fraction of sp³-hybridized carbons (Fsp3) is 0.320.